The number of methoxy groups -OCH3 is 1. The van der Waals surface area contributed by atoms with Crippen molar-refractivity contribution in [3.63, 3.8) is 0 Å². The van der Waals surface area contributed by atoms with Crippen LogP contribution in [0.5, 0.6) is 5.75 Å². The number of benzene rings is 1. The number of nitrogens with zero attached hydrogens (tertiary/aromatic N) is 1. The summed E-state index contributed by atoms with van der Waals surface area (Å²) in [5.74, 6) is 0.985. The van der Waals surface area contributed by atoms with E-state index in [0.717, 1.165) is 48.5 Å². The summed E-state index contributed by atoms with van der Waals surface area (Å²) in [4.78, 5) is 17.6. The number of hydrogen-bond acceptors (Lipinski definition) is 4. The van der Waals surface area contributed by atoms with Crippen LogP contribution in [0.15, 0.2) is 24.4 Å². The fraction of sp³-hybridized carbons (Fsp3) is 0.471. The number of rotatable bonds is 5. The maximum Gasteiger partial charge on any atom is 0.227 e. The predicted octanol–water partition coefficient (Wildman–Crippen LogP) is 0.918. The average molecular weight is 315 g/mol. The molecule has 23 heavy (non-hydrogen) atoms. The average Bonchev–Trinajstić information content (AvgIpc) is 2.86. The number of fused-ring (bicyclic) bond motifs is 1. The molecule has 2 aliphatic heterocycles. The van der Waals surface area contributed by atoms with Gasteiger partial charge in [0.2, 0.25) is 5.91 Å². The second-order valence-corrected chi connectivity index (χ2v) is 6.30. The summed E-state index contributed by atoms with van der Waals surface area (Å²) in [6, 6.07) is 6.76. The zero-order valence-electron chi connectivity index (χ0n) is 13.2. The molecule has 2 N–H and O–H groups in total. The van der Waals surface area contributed by atoms with E-state index in [9.17, 15) is 4.79 Å². The predicted molar refractivity (Wildman–Crippen MR) is 86.7 cm³/mol. The van der Waals surface area contributed by atoms with Crippen molar-refractivity contribution in [3.8, 4) is 5.75 Å². The Morgan fingerprint density at radius 2 is 2.22 bits per heavy atom. The molecule has 0 atom stereocenters. The van der Waals surface area contributed by atoms with Gasteiger partial charge < -0.3 is 24.7 Å². The molecule has 2 aromatic rings. The van der Waals surface area contributed by atoms with Gasteiger partial charge in [0.15, 0.2) is 0 Å². The Morgan fingerprint density at radius 3 is 2.91 bits per heavy atom. The normalized spacial score (nSPS) is 18.7. The van der Waals surface area contributed by atoms with Gasteiger partial charge in [-0.1, -0.05) is 0 Å². The number of aromatic nitrogens is 1. The summed E-state index contributed by atoms with van der Waals surface area (Å²) in [6.45, 7) is 3.17. The van der Waals surface area contributed by atoms with E-state index >= 15 is 0 Å². The Hall–Kier alpha value is -2.05. The molecule has 0 saturated carbocycles. The standard InChI is InChI=1S/C17H21N3O3/c1-22-14-2-3-16-15(5-14)11(6-18-16)4-17(21)20-7-12(8-20)19-13-9-23-10-13/h2-3,5-6,12-13,18-19H,4,7-10H2,1H3. The minimum Gasteiger partial charge on any atom is -0.497 e. The number of amides is 1. The lowest BCUT2D eigenvalue weighted by Crippen LogP contribution is -2.64. The second-order valence-electron chi connectivity index (χ2n) is 6.30. The summed E-state index contributed by atoms with van der Waals surface area (Å²) in [7, 11) is 1.65. The smallest absolute Gasteiger partial charge is 0.227 e. The molecule has 6 nitrogen and oxygen atoms in total. The van der Waals surface area contributed by atoms with Crippen LogP contribution in [0.2, 0.25) is 0 Å². The molecule has 3 heterocycles. The maximum absolute atomic E-state index is 12.4. The fourth-order valence-corrected chi connectivity index (χ4v) is 3.16. The van der Waals surface area contributed by atoms with E-state index in [1.807, 2.05) is 29.3 Å². The topological polar surface area (TPSA) is 66.6 Å². The summed E-state index contributed by atoms with van der Waals surface area (Å²) in [6.07, 6.45) is 2.34. The number of H-pyrrole nitrogens is 1. The van der Waals surface area contributed by atoms with Gasteiger partial charge in [-0.3, -0.25) is 4.79 Å². The zero-order chi connectivity index (χ0) is 15.8. The van der Waals surface area contributed by atoms with Gasteiger partial charge in [-0.15, -0.1) is 0 Å². The van der Waals surface area contributed by atoms with Crippen molar-refractivity contribution in [3.05, 3.63) is 30.0 Å². The first-order valence-electron chi connectivity index (χ1n) is 7.98. The van der Waals surface area contributed by atoms with Crippen molar-refractivity contribution in [2.45, 2.75) is 18.5 Å². The highest BCUT2D eigenvalue weighted by Crippen LogP contribution is 2.25. The molecule has 4 rings (SSSR count). The molecule has 1 aromatic heterocycles. The lowest BCUT2D eigenvalue weighted by molar-refractivity contribution is -0.136. The van der Waals surface area contributed by atoms with Gasteiger partial charge in [0.25, 0.3) is 0 Å². The summed E-state index contributed by atoms with van der Waals surface area (Å²) in [5.41, 5.74) is 2.05. The third-order valence-electron chi connectivity index (χ3n) is 4.66. The number of aromatic amines is 1. The van der Waals surface area contributed by atoms with E-state index in [-0.39, 0.29) is 5.91 Å². The number of carbonyl (C=O) groups is 1. The van der Waals surface area contributed by atoms with E-state index in [0.29, 0.717) is 18.5 Å². The monoisotopic (exact) mass is 315 g/mol. The van der Waals surface area contributed by atoms with Gasteiger partial charge in [-0.05, 0) is 23.8 Å². The largest absolute Gasteiger partial charge is 0.497 e. The van der Waals surface area contributed by atoms with Crippen molar-refractivity contribution >= 4 is 16.8 Å². The Bertz CT molecular complexity index is 717. The molecule has 1 amide bonds. The molecule has 2 saturated heterocycles. The van der Waals surface area contributed by atoms with E-state index < -0.39 is 0 Å². The Kier molecular flexibility index (Phi) is 3.71. The minimum atomic E-state index is 0.177. The zero-order valence-corrected chi connectivity index (χ0v) is 13.2. The van der Waals surface area contributed by atoms with Crippen LogP contribution in [0.1, 0.15) is 5.56 Å². The Labute approximate surface area is 134 Å². The summed E-state index contributed by atoms with van der Waals surface area (Å²) in [5, 5.41) is 4.55. The van der Waals surface area contributed by atoms with Gasteiger partial charge in [-0.25, -0.2) is 0 Å². The fourth-order valence-electron chi connectivity index (χ4n) is 3.16. The molecule has 0 spiro atoms. The van der Waals surface area contributed by atoms with Crippen molar-refractivity contribution in [1.82, 2.24) is 15.2 Å². The first-order chi connectivity index (χ1) is 11.2. The van der Waals surface area contributed by atoms with E-state index in [1.165, 1.54) is 0 Å². The molecule has 0 unspecified atom stereocenters. The maximum atomic E-state index is 12.4. The van der Waals surface area contributed by atoms with Crippen LogP contribution >= 0.6 is 0 Å². The van der Waals surface area contributed by atoms with Crippen molar-refractivity contribution in [2.24, 2.45) is 0 Å². The Balaban J connectivity index is 1.37. The highest BCUT2D eigenvalue weighted by molar-refractivity contribution is 5.90. The van der Waals surface area contributed by atoms with Crippen molar-refractivity contribution in [2.75, 3.05) is 33.4 Å². The van der Waals surface area contributed by atoms with Crippen LogP contribution in [0.4, 0.5) is 0 Å². The Morgan fingerprint density at radius 1 is 1.39 bits per heavy atom. The van der Waals surface area contributed by atoms with E-state index in [2.05, 4.69) is 10.3 Å². The number of nitrogens with one attached hydrogen (secondary N) is 2. The summed E-state index contributed by atoms with van der Waals surface area (Å²) < 4.78 is 10.4. The SMILES string of the molecule is COc1ccc2[nH]cc(CC(=O)N3CC(NC4COC4)C3)c2c1. The number of ether oxygens (including phenoxy) is 2. The van der Waals surface area contributed by atoms with Crippen LogP contribution in [-0.4, -0.2) is 61.3 Å². The van der Waals surface area contributed by atoms with Gasteiger partial charge in [0.1, 0.15) is 5.75 Å². The molecule has 0 radical (unpaired) electrons. The van der Waals surface area contributed by atoms with Gasteiger partial charge in [-0.2, -0.15) is 0 Å². The molecule has 6 heteroatoms. The molecule has 2 fully saturated rings. The van der Waals surface area contributed by atoms with Crippen LogP contribution in [0.25, 0.3) is 10.9 Å². The number of likely N-dealkylation sites (tertiary alicyclic amines) is 1. The first kappa shape index (κ1) is 14.5. The van der Waals surface area contributed by atoms with Crippen molar-refractivity contribution in [1.29, 1.82) is 0 Å². The first-order valence-corrected chi connectivity index (χ1v) is 7.98. The third-order valence-corrected chi connectivity index (χ3v) is 4.66. The summed E-state index contributed by atoms with van der Waals surface area (Å²) >= 11 is 0. The number of carbonyl (C=O) groups excluding carboxylic acids is 1. The second kappa shape index (κ2) is 5.86. The van der Waals surface area contributed by atoms with E-state index in [4.69, 9.17) is 9.47 Å². The quantitative estimate of drug-likeness (QED) is 0.861. The molecule has 1 aromatic carbocycles. The molecular weight excluding hydrogens is 294 g/mol. The molecule has 2 aliphatic rings. The van der Waals surface area contributed by atoms with Crippen molar-refractivity contribution < 1.29 is 14.3 Å². The van der Waals surface area contributed by atoms with Gasteiger partial charge in [0.05, 0.1) is 32.8 Å². The number of hydrogen-bond donors (Lipinski definition) is 2. The van der Waals surface area contributed by atoms with Crippen LogP contribution in [-0.2, 0) is 16.0 Å². The molecule has 0 bridgehead atoms. The van der Waals surface area contributed by atoms with Crippen LogP contribution in [0.3, 0.4) is 0 Å². The van der Waals surface area contributed by atoms with E-state index in [1.54, 1.807) is 7.11 Å². The van der Waals surface area contributed by atoms with Gasteiger partial charge >= 0.3 is 0 Å². The van der Waals surface area contributed by atoms with Crippen LogP contribution < -0.4 is 10.1 Å². The molecule has 0 aliphatic carbocycles. The molecular formula is C17H21N3O3. The minimum absolute atomic E-state index is 0.177. The van der Waals surface area contributed by atoms with Crippen LogP contribution in [0, 0.1) is 0 Å². The highest BCUT2D eigenvalue weighted by atomic mass is 16.5. The highest BCUT2D eigenvalue weighted by Gasteiger charge is 2.33. The van der Waals surface area contributed by atoms with Gasteiger partial charge in [0, 0.05) is 36.2 Å². The third kappa shape index (κ3) is 2.80. The lowest BCUT2D eigenvalue weighted by atomic mass is 10.0. The lowest BCUT2D eigenvalue weighted by Gasteiger charge is -2.43. The molecule has 122 valence electrons.